The van der Waals surface area contributed by atoms with Crippen molar-refractivity contribution in [3.05, 3.63) is 0 Å². The largest absolute Gasteiger partial charge is 0.396 e. The summed E-state index contributed by atoms with van der Waals surface area (Å²) in [6.45, 7) is 7.22. The van der Waals surface area contributed by atoms with E-state index in [9.17, 15) is 0 Å². The third kappa shape index (κ3) is 1.75. The monoisotopic (exact) mass is 183 g/mol. The Balaban J connectivity index is 1.70. The molecule has 76 valence electrons. The molecule has 1 saturated carbocycles. The minimum absolute atomic E-state index is 0.387. The summed E-state index contributed by atoms with van der Waals surface area (Å²) in [7, 11) is 0. The van der Waals surface area contributed by atoms with E-state index < -0.39 is 0 Å². The summed E-state index contributed by atoms with van der Waals surface area (Å²) < 4.78 is 0. The molecule has 13 heavy (non-hydrogen) atoms. The zero-order valence-electron chi connectivity index (χ0n) is 8.93. The minimum atomic E-state index is 0.387. The van der Waals surface area contributed by atoms with Gasteiger partial charge in [-0.1, -0.05) is 6.92 Å². The Bertz CT molecular complexity index is 214. The molecule has 0 spiro atoms. The fourth-order valence-electron chi connectivity index (χ4n) is 2.41. The number of hydrogen-bond donors (Lipinski definition) is 2. The Morgan fingerprint density at radius 3 is 2.38 bits per heavy atom. The molecule has 0 aromatic heterocycles. The van der Waals surface area contributed by atoms with Crippen LogP contribution in [-0.4, -0.2) is 23.3 Å². The molecule has 2 fully saturated rings. The third-order valence-electron chi connectivity index (χ3n) is 4.10. The highest BCUT2D eigenvalue weighted by Crippen LogP contribution is 2.55. The molecule has 1 aliphatic heterocycles. The van der Waals surface area contributed by atoms with E-state index in [0.29, 0.717) is 23.5 Å². The van der Waals surface area contributed by atoms with Crippen LogP contribution < -0.4 is 5.32 Å². The second-order valence-electron chi connectivity index (χ2n) is 5.69. The Labute approximate surface area is 80.7 Å². The lowest BCUT2D eigenvalue weighted by molar-refractivity contribution is 0.248. The van der Waals surface area contributed by atoms with E-state index in [2.05, 4.69) is 26.1 Å². The van der Waals surface area contributed by atoms with Crippen LogP contribution in [0.25, 0.3) is 0 Å². The van der Waals surface area contributed by atoms with Gasteiger partial charge in [-0.05, 0) is 44.4 Å². The van der Waals surface area contributed by atoms with Crippen molar-refractivity contribution in [1.82, 2.24) is 5.32 Å². The molecule has 1 aliphatic carbocycles. The van der Waals surface area contributed by atoms with Gasteiger partial charge in [-0.2, -0.15) is 0 Å². The molecule has 1 heterocycles. The first kappa shape index (κ1) is 9.47. The summed E-state index contributed by atoms with van der Waals surface area (Å²) in [5.74, 6) is 0.592. The van der Waals surface area contributed by atoms with Crippen molar-refractivity contribution in [2.45, 2.75) is 51.6 Å². The van der Waals surface area contributed by atoms with Gasteiger partial charge in [0, 0.05) is 18.2 Å². The predicted molar refractivity (Wildman–Crippen MR) is 53.5 cm³/mol. The predicted octanol–water partition coefficient (Wildman–Crippen LogP) is 1.54. The standard InChI is InChI=1S/C11H21NO/c1-10(2)9(12-10)4-5-11(3)6-8(11)7-13/h8-9,12-13H,4-7H2,1-3H3/t8-,9-,11-/m0/s1. The third-order valence-corrected chi connectivity index (χ3v) is 4.10. The van der Waals surface area contributed by atoms with Gasteiger partial charge in [-0.3, -0.25) is 0 Å². The molecule has 0 amide bonds. The fourth-order valence-corrected chi connectivity index (χ4v) is 2.41. The molecule has 1 saturated heterocycles. The first-order chi connectivity index (χ1) is 5.98. The highest BCUT2D eigenvalue weighted by molar-refractivity contribution is 5.09. The zero-order valence-corrected chi connectivity index (χ0v) is 8.93. The van der Waals surface area contributed by atoms with E-state index in [1.807, 2.05) is 0 Å². The SMILES string of the molecule is CC1(C)N[C@H]1CC[C@@]1(C)C[C@H]1CO. The summed E-state index contributed by atoms with van der Waals surface area (Å²) in [6.07, 6.45) is 3.79. The van der Waals surface area contributed by atoms with Gasteiger partial charge in [-0.25, -0.2) is 0 Å². The lowest BCUT2D eigenvalue weighted by Crippen LogP contribution is -2.07. The molecule has 0 bridgehead atoms. The maximum absolute atomic E-state index is 9.01. The van der Waals surface area contributed by atoms with E-state index in [0.717, 1.165) is 6.04 Å². The molecule has 2 nitrogen and oxygen atoms in total. The summed E-state index contributed by atoms with van der Waals surface area (Å²) in [4.78, 5) is 0. The lowest BCUT2D eigenvalue weighted by atomic mass is 9.96. The smallest absolute Gasteiger partial charge is 0.0464 e. The van der Waals surface area contributed by atoms with Crippen molar-refractivity contribution in [3.8, 4) is 0 Å². The Morgan fingerprint density at radius 1 is 1.38 bits per heavy atom. The normalized spacial score (nSPS) is 46.2. The molecule has 2 rings (SSSR count). The highest BCUT2D eigenvalue weighted by atomic mass is 16.3. The first-order valence-electron chi connectivity index (χ1n) is 5.36. The fraction of sp³-hybridized carbons (Fsp3) is 1.00. The molecule has 2 N–H and O–H groups in total. The van der Waals surface area contributed by atoms with Gasteiger partial charge in [0.25, 0.3) is 0 Å². The van der Waals surface area contributed by atoms with Gasteiger partial charge in [0.05, 0.1) is 0 Å². The Hall–Kier alpha value is -0.0800. The molecular weight excluding hydrogens is 162 g/mol. The zero-order chi connectivity index (χ0) is 9.69. The summed E-state index contributed by atoms with van der Waals surface area (Å²) in [5, 5.41) is 12.5. The maximum atomic E-state index is 9.01. The van der Waals surface area contributed by atoms with E-state index in [-0.39, 0.29) is 0 Å². The van der Waals surface area contributed by atoms with Crippen LogP contribution in [0.5, 0.6) is 0 Å². The van der Waals surface area contributed by atoms with Crippen molar-refractivity contribution in [2.24, 2.45) is 11.3 Å². The number of nitrogens with one attached hydrogen (secondary N) is 1. The maximum Gasteiger partial charge on any atom is 0.0464 e. The second-order valence-corrected chi connectivity index (χ2v) is 5.69. The van der Waals surface area contributed by atoms with Gasteiger partial charge >= 0.3 is 0 Å². The summed E-state index contributed by atoms with van der Waals surface area (Å²) in [5.41, 5.74) is 0.856. The molecule has 0 radical (unpaired) electrons. The van der Waals surface area contributed by atoms with Crippen molar-refractivity contribution in [3.63, 3.8) is 0 Å². The molecular formula is C11H21NO. The number of rotatable bonds is 4. The highest BCUT2D eigenvalue weighted by Gasteiger charge is 2.51. The summed E-state index contributed by atoms with van der Waals surface area (Å²) in [6, 6.07) is 0.726. The molecule has 0 aromatic rings. The Kier molecular flexibility index (Phi) is 1.97. The van der Waals surface area contributed by atoms with E-state index in [1.54, 1.807) is 0 Å². The number of hydrogen-bond acceptors (Lipinski definition) is 2. The number of aliphatic hydroxyl groups is 1. The molecule has 2 heteroatoms. The van der Waals surface area contributed by atoms with Crippen LogP contribution in [0, 0.1) is 11.3 Å². The van der Waals surface area contributed by atoms with Crippen molar-refractivity contribution < 1.29 is 5.11 Å². The van der Waals surface area contributed by atoms with Crippen LogP contribution in [0.4, 0.5) is 0 Å². The van der Waals surface area contributed by atoms with Crippen LogP contribution in [0.1, 0.15) is 40.0 Å². The van der Waals surface area contributed by atoms with Crippen molar-refractivity contribution >= 4 is 0 Å². The van der Waals surface area contributed by atoms with Crippen molar-refractivity contribution in [1.29, 1.82) is 0 Å². The molecule has 2 aliphatic rings. The molecule has 0 aromatic carbocycles. The lowest BCUT2D eigenvalue weighted by Gasteiger charge is -2.09. The average molecular weight is 183 g/mol. The van der Waals surface area contributed by atoms with Crippen molar-refractivity contribution in [2.75, 3.05) is 6.61 Å². The summed E-state index contributed by atoms with van der Waals surface area (Å²) >= 11 is 0. The van der Waals surface area contributed by atoms with Gasteiger partial charge in [-0.15, -0.1) is 0 Å². The van der Waals surface area contributed by atoms with Gasteiger partial charge in [0.2, 0.25) is 0 Å². The van der Waals surface area contributed by atoms with Gasteiger partial charge < -0.3 is 10.4 Å². The first-order valence-corrected chi connectivity index (χ1v) is 5.36. The molecule has 0 unspecified atom stereocenters. The quantitative estimate of drug-likeness (QED) is 0.649. The average Bonchev–Trinajstić information content (AvgIpc) is 2.87. The topological polar surface area (TPSA) is 42.2 Å². The van der Waals surface area contributed by atoms with Crippen LogP contribution in [0.2, 0.25) is 0 Å². The van der Waals surface area contributed by atoms with Gasteiger partial charge in [0.1, 0.15) is 0 Å². The second kappa shape index (κ2) is 2.71. The van der Waals surface area contributed by atoms with Gasteiger partial charge in [0.15, 0.2) is 0 Å². The number of aliphatic hydroxyl groups excluding tert-OH is 1. The van der Waals surface area contributed by atoms with Crippen LogP contribution >= 0.6 is 0 Å². The van der Waals surface area contributed by atoms with Crippen LogP contribution in [0.3, 0.4) is 0 Å². The van der Waals surface area contributed by atoms with E-state index >= 15 is 0 Å². The van der Waals surface area contributed by atoms with E-state index in [4.69, 9.17) is 5.11 Å². The van der Waals surface area contributed by atoms with Crippen LogP contribution in [0.15, 0.2) is 0 Å². The van der Waals surface area contributed by atoms with E-state index in [1.165, 1.54) is 19.3 Å². The Morgan fingerprint density at radius 2 is 2.00 bits per heavy atom. The van der Waals surface area contributed by atoms with Crippen LogP contribution in [-0.2, 0) is 0 Å². The molecule has 3 atom stereocenters. The minimum Gasteiger partial charge on any atom is -0.396 e.